The molecule has 1 unspecified atom stereocenters. The van der Waals surface area contributed by atoms with Crippen LogP contribution >= 0.6 is 23.2 Å². The van der Waals surface area contributed by atoms with Crippen molar-refractivity contribution in [2.45, 2.75) is 12.5 Å². The Hall–Kier alpha value is -1.23. The van der Waals surface area contributed by atoms with E-state index >= 15 is 0 Å². The maximum Gasteiger partial charge on any atom is 0.133 e. The average molecular weight is 334 g/mol. The lowest BCUT2D eigenvalue weighted by Gasteiger charge is -2.19. The fraction of sp³-hybridized carbons (Fsp3) is 0.200. The second kappa shape index (κ2) is 6.69. The molecule has 0 saturated carbocycles. The van der Waals surface area contributed by atoms with E-state index in [1.54, 1.807) is 25.2 Å². The van der Waals surface area contributed by atoms with E-state index in [4.69, 9.17) is 23.2 Å². The summed E-state index contributed by atoms with van der Waals surface area (Å²) in [5.41, 5.74) is 0.418. The van der Waals surface area contributed by atoms with Gasteiger partial charge in [0.2, 0.25) is 0 Å². The predicted octanol–water partition coefficient (Wildman–Crippen LogP) is 4.91. The monoisotopic (exact) mass is 333 g/mol. The molecule has 0 aliphatic carbocycles. The average Bonchev–Trinajstić information content (AvgIpc) is 2.41. The normalized spacial score (nSPS) is 12.5. The molecule has 0 aliphatic heterocycles. The molecule has 1 nitrogen and oxygen atoms in total. The standard InChI is InChI=1S/C15H12Cl2F3N/c1-21-13(5-8-3-2-4-10(16)15(8)17)14-11(19)6-9(18)7-12(14)20/h2-4,6-7,13,21H,5H2,1H3. The van der Waals surface area contributed by atoms with E-state index in [2.05, 4.69) is 5.32 Å². The molecule has 0 fully saturated rings. The Morgan fingerprint density at radius 3 is 2.29 bits per heavy atom. The van der Waals surface area contributed by atoms with E-state index < -0.39 is 23.5 Å². The molecule has 0 radical (unpaired) electrons. The molecular weight excluding hydrogens is 322 g/mol. The molecule has 0 bridgehead atoms. The molecule has 0 heterocycles. The quantitative estimate of drug-likeness (QED) is 0.837. The highest BCUT2D eigenvalue weighted by atomic mass is 35.5. The summed E-state index contributed by atoms with van der Waals surface area (Å²) in [5, 5.41) is 3.51. The van der Waals surface area contributed by atoms with Crippen LogP contribution in [-0.4, -0.2) is 7.05 Å². The zero-order valence-corrected chi connectivity index (χ0v) is 12.6. The molecule has 2 aromatic rings. The van der Waals surface area contributed by atoms with Gasteiger partial charge in [0.15, 0.2) is 0 Å². The van der Waals surface area contributed by atoms with Gasteiger partial charge in [-0.1, -0.05) is 35.3 Å². The maximum atomic E-state index is 13.9. The Balaban J connectivity index is 2.39. The fourth-order valence-corrected chi connectivity index (χ4v) is 2.56. The van der Waals surface area contributed by atoms with Crippen molar-refractivity contribution in [1.82, 2.24) is 5.32 Å². The van der Waals surface area contributed by atoms with Crippen molar-refractivity contribution >= 4 is 23.2 Å². The van der Waals surface area contributed by atoms with Gasteiger partial charge < -0.3 is 5.32 Å². The van der Waals surface area contributed by atoms with E-state index in [1.807, 2.05) is 0 Å². The minimum atomic E-state index is -0.954. The van der Waals surface area contributed by atoms with Crippen LogP contribution < -0.4 is 5.32 Å². The molecule has 0 aromatic heterocycles. The first-order chi connectivity index (χ1) is 9.93. The van der Waals surface area contributed by atoms with E-state index in [0.29, 0.717) is 27.7 Å². The second-order valence-corrected chi connectivity index (χ2v) is 5.33. The summed E-state index contributed by atoms with van der Waals surface area (Å²) in [6.07, 6.45) is 0.218. The molecule has 2 rings (SSSR count). The largest absolute Gasteiger partial charge is 0.313 e. The van der Waals surface area contributed by atoms with Gasteiger partial charge in [-0.2, -0.15) is 0 Å². The molecule has 0 aliphatic rings. The first kappa shape index (κ1) is 16.1. The molecule has 0 amide bonds. The van der Waals surface area contributed by atoms with Crippen LogP contribution in [0.4, 0.5) is 13.2 Å². The number of nitrogens with one attached hydrogen (secondary N) is 1. The van der Waals surface area contributed by atoms with Crippen LogP contribution in [0.25, 0.3) is 0 Å². The maximum absolute atomic E-state index is 13.9. The van der Waals surface area contributed by atoms with E-state index in [0.717, 1.165) is 0 Å². The van der Waals surface area contributed by atoms with Gasteiger partial charge in [-0.3, -0.25) is 0 Å². The molecule has 112 valence electrons. The lowest BCUT2D eigenvalue weighted by molar-refractivity contribution is 0.475. The van der Waals surface area contributed by atoms with Gasteiger partial charge in [0.25, 0.3) is 0 Å². The SMILES string of the molecule is CNC(Cc1cccc(Cl)c1Cl)c1c(F)cc(F)cc1F. The van der Waals surface area contributed by atoms with Crippen LogP contribution in [0.3, 0.4) is 0 Å². The van der Waals surface area contributed by atoms with Crippen molar-refractivity contribution in [3.8, 4) is 0 Å². The third kappa shape index (κ3) is 3.51. The molecule has 2 aromatic carbocycles. The zero-order valence-electron chi connectivity index (χ0n) is 11.1. The summed E-state index contributed by atoms with van der Waals surface area (Å²) >= 11 is 12.0. The van der Waals surface area contributed by atoms with Gasteiger partial charge >= 0.3 is 0 Å². The first-order valence-corrected chi connectivity index (χ1v) is 6.94. The number of hydrogen-bond donors (Lipinski definition) is 1. The lowest BCUT2D eigenvalue weighted by Crippen LogP contribution is -2.22. The van der Waals surface area contributed by atoms with Crippen molar-refractivity contribution in [3.63, 3.8) is 0 Å². The number of rotatable bonds is 4. The van der Waals surface area contributed by atoms with Crippen molar-refractivity contribution in [2.75, 3.05) is 7.05 Å². The van der Waals surface area contributed by atoms with Gasteiger partial charge in [0.05, 0.1) is 10.0 Å². The van der Waals surface area contributed by atoms with Crippen LogP contribution in [0.15, 0.2) is 30.3 Å². The summed E-state index contributed by atoms with van der Waals surface area (Å²) in [5.74, 6) is -2.83. The summed E-state index contributed by atoms with van der Waals surface area (Å²) < 4.78 is 40.7. The van der Waals surface area contributed by atoms with E-state index in [1.165, 1.54) is 0 Å². The van der Waals surface area contributed by atoms with Crippen LogP contribution in [-0.2, 0) is 6.42 Å². The fourth-order valence-electron chi connectivity index (χ4n) is 2.16. The molecule has 1 atom stereocenters. The van der Waals surface area contributed by atoms with Crippen molar-refractivity contribution in [1.29, 1.82) is 0 Å². The number of likely N-dealkylation sites (N-methyl/N-ethyl adjacent to an activating group) is 1. The van der Waals surface area contributed by atoms with E-state index in [9.17, 15) is 13.2 Å². The highest BCUT2D eigenvalue weighted by Crippen LogP contribution is 2.31. The Morgan fingerprint density at radius 2 is 1.71 bits per heavy atom. The Kier molecular flexibility index (Phi) is 5.14. The summed E-state index contributed by atoms with van der Waals surface area (Å²) in [6.45, 7) is 0. The molecule has 1 N–H and O–H groups in total. The third-order valence-electron chi connectivity index (χ3n) is 3.20. The number of halogens is 5. The zero-order chi connectivity index (χ0) is 15.6. The highest BCUT2D eigenvalue weighted by Gasteiger charge is 2.21. The summed E-state index contributed by atoms with van der Waals surface area (Å²) in [7, 11) is 1.56. The van der Waals surface area contributed by atoms with E-state index in [-0.39, 0.29) is 12.0 Å². The Bertz CT molecular complexity index is 638. The number of benzene rings is 2. The van der Waals surface area contributed by atoms with Gasteiger partial charge in [-0.25, -0.2) is 13.2 Å². The first-order valence-electron chi connectivity index (χ1n) is 6.18. The molecule has 0 spiro atoms. The minimum Gasteiger partial charge on any atom is -0.313 e. The van der Waals surface area contributed by atoms with Gasteiger partial charge in [0, 0.05) is 23.7 Å². The third-order valence-corrected chi connectivity index (χ3v) is 4.05. The summed E-state index contributed by atoms with van der Waals surface area (Å²) in [6, 6.07) is 5.67. The summed E-state index contributed by atoms with van der Waals surface area (Å²) in [4.78, 5) is 0. The van der Waals surface area contributed by atoms with Crippen LogP contribution in [0.5, 0.6) is 0 Å². The number of hydrogen-bond acceptors (Lipinski definition) is 1. The van der Waals surface area contributed by atoms with Gasteiger partial charge in [-0.05, 0) is 25.1 Å². The molecule has 21 heavy (non-hydrogen) atoms. The smallest absolute Gasteiger partial charge is 0.133 e. The molecule has 0 saturated heterocycles. The predicted molar refractivity (Wildman–Crippen MR) is 78.3 cm³/mol. The molecular formula is C15H12Cl2F3N. The van der Waals surface area contributed by atoms with Crippen molar-refractivity contribution in [3.05, 3.63) is 69.0 Å². The van der Waals surface area contributed by atoms with Crippen LogP contribution in [0, 0.1) is 17.5 Å². The van der Waals surface area contributed by atoms with Gasteiger partial charge in [0.1, 0.15) is 17.5 Å². The lowest BCUT2D eigenvalue weighted by atomic mass is 9.98. The Labute approximate surface area is 130 Å². The van der Waals surface area contributed by atoms with Crippen LogP contribution in [0.1, 0.15) is 17.2 Å². The Morgan fingerprint density at radius 1 is 1.10 bits per heavy atom. The minimum absolute atomic E-state index is 0.218. The highest BCUT2D eigenvalue weighted by molar-refractivity contribution is 6.42. The molecule has 6 heteroatoms. The second-order valence-electron chi connectivity index (χ2n) is 4.54. The van der Waals surface area contributed by atoms with Crippen molar-refractivity contribution in [2.24, 2.45) is 0 Å². The topological polar surface area (TPSA) is 12.0 Å². The van der Waals surface area contributed by atoms with Crippen molar-refractivity contribution < 1.29 is 13.2 Å². The van der Waals surface area contributed by atoms with Gasteiger partial charge in [-0.15, -0.1) is 0 Å². The van der Waals surface area contributed by atoms with Crippen LogP contribution in [0.2, 0.25) is 10.0 Å².